The van der Waals surface area contributed by atoms with E-state index < -0.39 is 0 Å². The van der Waals surface area contributed by atoms with Gasteiger partial charge in [0.25, 0.3) is 0 Å². The first-order valence-corrected chi connectivity index (χ1v) is 6.54. The fourth-order valence-electron chi connectivity index (χ4n) is 2.60. The fraction of sp³-hybridized carbons (Fsp3) is 0.846. The van der Waals surface area contributed by atoms with Crippen LogP contribution in [0.3, 0.4) is 0 Å². The first-order valence-electron chi connectivity index (χ1n) is 6.54. The number of carbonyl (C=O) groups is 1. The molecule has 0 aliphatic carbocycles. The third-order valence-corrected chi connectivity index (χ3v) is 3.85. The summed E-state index contributed by atoms with van der Waals surface area (Å²) in [7, 11) is 0. The van der Waals surface area contributed by atoms with Crippen LogP contribution >= 0.6 is 0 Å². The molecule has 2 aliphatic heterocycles. The van der Waals surface area contributed by atoms with Gasteiger partial charge in [0, 0.05) is 32.7 Å². The molecule has 1 unspecified atom stereocenters. The van der Waals surface area contributed by atoms with E-state index >= 15 is 0 Å². The normalized spacial score (nSPS) is 26.9. The van der Waals surface area contributed by atoms with Gasteiger partial charge in [0.05, 0.1) is 12.0 Å². The summed E-state index contributed by atoms with van der Waals surface area (Å²) >= 11 is 0. The van der Waals surface area contributed by atoms with Crippen molar-refractivity contribution in [3.05, 3.63) is 0 Å². The van der Waals surface area contributed by atoms with Crippen molar-refractivity contribution in [2.24, 2.45) is 11.8 Å². The Morgan fingerprint density at radius 1 is 1.35 bits per heavy atom. The number of carbonyl (C=O) groups excluding carboxylic acids is 1. The van der Waals surface area contributed by atoms with Crippen LogP contribution < -0.4 is 0 Å². The first kappa shape index (κ1) is 12.4. The fourth-order valence-corrected chi connectivity index (χ4v) is 2.60. The molecule has 0 saturated carbocycles. The number of hydrogen-bond acceptors (Lipinski definition) is 3. The maximum atomic E-state index is 11.8. The number of amides is 1. The summed E-state index contributed by atoms with van der Waals surface area (Å²) in [6.45, 7) is 3.37. The summed E-state index contributed by atoms with van der Waals surface area (Å²) in [5.41, 5.74) is 0. The summed E-state index contributed by atoms with van der Waals surface area (Å²) < 4.78 is 5.32. The van der Waals surface area contributed by atoms with Gasteiger partial charge in [-0.1, -0.05) is 0 Å². The van der Waals surface area contributed by atoms with E-state index in [1.807, 2.05) is 4.90 Å². The van der Waals surface area contributed by atoms with E-state index in [1.165, 1.54) is 0 Å². The standard InChI is InChI=1S/C13H20N2O2/c14-10-12-2-6-15(13(16)9-12)5-1-11-3-7-17-8-4-11/h11-12H,1-9H2. The Morgan fingerprint density at radius 3 is 2.76 bits per heavy atom. The molecule has 0 N–H and O–H groups in total. The molecule has 4 nitrogen and oxygen atoms in total. The lowest BCUT2D eigenvalue weighted by Crippen LogP contribution is -2.39. The van der Waals surface area contributed by atoms with Gasteiger partial charge >= 0.3 is 0 Å². The number of nitriles is 1. The lowest BCUT2D eigenvalue weighted by molar-refractivity contribution is -0.134. The minimum absolute atomic E-state index is 0.0539. The van der Waals surface area contributed by atoms with Gasteiger partial charge in [0.2, 0.25) is 5.91 Å². The van der Waals surface area contributed by atoms with Crippen LogP contribution in [0.5, 0.6) is 0 Å². The van der Waals surface area contributed by atoms with E-state index in [0.29, 0.717) is 12.3 Å². The molecule has 0 spiro atoms. The molecule has 0 bridgehead atoms. The second-order valence-electron chi connectivity index (χ2n) is 5.04. The highest BCUT2D eigenvalue weighted by molar-refractivity contribution is 5.77. The van der Waals surface area contributed by atoms with Gasteiger partial charge in [-0.25, -0.2) is 0 Å². The van der Waals surface area contributed by atoms with E-state index in [9.17, 15) is 4.79 Å². The number of likely N-dealkylation sites (tertiary alicyclic amines) is 1. The lowest BCUT2D eigenvalue weighted by Gasteiger charge is -2.31. The Balaban J connectivity index is 1.72. The Morgan fingerprint density at radius 2 is 2.12 bits per heavy atom. The number of rotatable bonds is 3. The Labute approximate surface area is 103 Å². The SMILES string of the molecule is N#CC1CCN(CCC2CCOCC2)C(=O)C1. The summed E-state index contributed by atoms with van der Waals surface area (Å²) in [6, 6.07) is 2.20. The molecule has 2 aliphatic rings. The summed E-state index contributed by atoms with van der Waals surface area (Å²) in [5, 5.41) is 8.79. The second-order valence-corrected chi connectivity index (χ2v) is 5.04. The van der Waals surface area contributed by atoms with E-state index in [1.54, 1.807) is 0 Å². The Bertz CT molecular complexity index is 305. The zero-order valence-electron chi connectivity index (χ0n) is 10.2. The third kappa shape index (κ3) is 3.44. The summed E-state index contributed by atoms with van der Waals surface area (Å²) in [5.74, 6) is 0.821. The zero-order chi connectivity index (χ0) is 12.1. The highest BCUT2D eigenvalue weighted by Gasteiger charge is 2.26. The van der Waals surface area contributed by atoms with Gasteiger partial charge in [-0.2, -0.15) is 5.26 Å². The number of ether oxygens (including phenoxy) is 1. The average molecular weight is 236 g/mol. The lowest BCUT2D eigenvalue weighted by atomic mass is 9.94. The van der Waals surface area contributed by atoms with Crippen molar-refractivity contribution in [1.82, 2.24) is 4.90 Å². The van der Waals surface area contributed by atoms with Gasteiger partial charge in [0.1, 0.15) is 0 Å². The van der Waals surface area contributed by atoms with Gasteiger partial charge in [-0.3, -0.25) is 4.79 Å². The predicted octanol–water partition coefficient (Wildman–Crippen LogP) is 1.57. The maximum absolute atomic E-state index is 11.8. The molecule has 0 aromatic heterocycles. The zero-order valence-corrected chi connectivity index (χ0v) is 10.2. The number of hydrogen-bond donors (Lipinski definition) is 0. The van der Waals surface area contributed by atoms with E-state index in [0.717, 1.165) is 52.0 Å². The highest BCUT2D eigenvalue weighted by atomic mass is 16.5. The van der Waals surface area contributed by atoms with Crippen LogP contribution in [-0.2, 0) is 9.53 Å². The minimum Gasteiger partial charge on any atom is -0.381 e. The van der Waals surface area contributed by atoms with Gasteiger partial charge in [-0.05, 0) is 31.6 Å². The molecule has 4 heteroatoms. The minimum atomic E-state index is -0.0539. The molecule has 2 rings (SSSR count). The molecule has 17 heavy (non-hydrogen) atoms. The van der Waals surface area contributed by atoms with Crippen LogP contribution in [0.15, 0.2) is 0 Å². The first-order chi connectivity index (χ1) is 8.29. The largest absolute Gasteiger partial charge is 0.381 e. The van der Waals surface area contributed by atoms with Crippen LogP contribution in [0.2, 0.25) is 0 Å². The van der Waals surface area contributed by atoms with Crippen molar-refractivity contribution in [3.63, 3.8) is 0 Å². The van der Waals surface area contributed by atoms with Crippen molar-refractivity contribution in [1.29, 1.82) is 5.26 Å². The maximum Gasteiger partial charge on any atom is 0.223 e. The molecule has 94 valence electrons. The van der Waals surface area contributed by atoms with Crippen LogP contribution in [0.1, 0.15) is 32.1 Å². The molecule has 2 saturated heterocycles. The Hall–Kier alpha value is -1.08. The highest BCUT2D eigenvalue weighted by Crippen LogP contribution is 2.22. The molecule has 1 amide bonds. The van der Waals surface area contributed by atoms with Crippen molar-refractivity contribution >= 4 is 5.91 Å². The summed E-state index contributed by atoms with van der Waals surface area (Å²) in [6.07, 6.45) is 4.61. The quantitative estimate of drug-likeness (QED) is 0.747. The molecule has 0 aromatic carbocycles. The number of nitrogens with zero attached hydrogens (tertiary/aromatic N) is 2. The van der Waals surface area contributed by atoms with Gasteiger partial charge in [0.15, 0.2) is 0 Å². The molecule has 2 fully saturated rings. The van der Waals surface area contributed by atoms with Crippen LogP contribution in [0.4, 0.5) is 0 Å². The van der Waals surface area contributed by atoms with Crippen LogP contribution in [-0.4, -0.2) is 37.1 Å². The van der Waals surface area contributed by atoms with Crippen molar-refractivity contribution in [2.75, 3.05) is 26.3 Å². The topological polar surface area (TPSA) is 53.3 Å². The van der Waals surface area contributed by atoms with Crippen molar-refractivity contribution in [3.8, 4) is 6.07 Å². The van der Waals surface area contributed by atoms with Gasteiger partial charge in [-0.15, -0.1) is 0 Å². The third-order valence-electron chi connectivity index (χ3n) is 3.85. The molecular formula is C13H20N2O2. The predicted molar refractivity (Wildman–Crippen MR) is 63.1 cm³/mol. The monoisotopic (exact) mass is 236 g/mol. The molecule has 0 aromatic rings. The van der Waals surface area contributed by atoms with E-state index in [2.05, 4.69) is 6.07 Å². The van der Waals surface area contributed by atoms with Crippen LogP contribution in [0, 0.1) is 23.2 Å². The smallest absolute Gasteiger partial charge is 0.223 e. The van der Waals surface area contributed by atoms with E-state index in [-0.39, 0.29) is 11.8 Å². The molecule has 2 heterocycles. The molecular weight excluding hydrogens is 216 g/mol. The second kappa shape index (κ2) is 6.02. The number of piperidine rings is 1. The van der Waals surface area contributed by atoms with E-state index in [4.69, 9.17) is 10.00 Å². The Kier molecular flexibility index (Phi) is 4.38. The van der Waals surface area contributed by atoms with Crippen molar-refractivity contribution in [2.45, 2.75) is 32.1 Å². The molecule has 0 radical (unpaired) electrons. The molecule has 1 atom stereocenters. The van der Waals surface area contributed by atoms with Gasteiger partial charge < -0.3 is 9.64 Å². The average Bonchev–Trinajstić information content (AvgIpc) is 2.38. The van der Waals surface area contributed by atoms with Crippen LogP contribution in [0.25, 0.3) is 0 Å². The van der Waals surface area contributed by atoms with Crippen molar-refractivity contribution < 1.29 is 9.53 Å². The summed E-state index contributed by atoms with van der Waals surface area (Å²) in [4.78, 5) is 13.7.